The minimum Gasteiger partial charge on any atom is -0.423 e. The van der Waals surface area contributed by atoms with Crippen molar-refractivity contribution in [1.29, 1.82) is 0 Å². The smallest absolute Gasteiger partial charge is 0.336 e. The van der Waals surface area contributed by atoms with Crippen LogP contribution in [0.2, 0.25) is 0 Å². The normalized spacial score (nSPS) is 18.3. The summed E-state index contributed by atoms with van der Waals surface area (Å²) in [6, 6.07) is 14.7. The molecule has 0 unspecified atom stereocenters. The zero-order chi connectivity index (χ0) is 22.2. The van der Waals surface area contributed by atoms with E-state index < -0.39 is 35.6 Å². The Balaban J connectivity index is 1.53. The molecule has 8 nitrogen and oxygen atoms in total. The number of rotatable bonds is 5. The van der Waals surface area contributed by atoms with Gasteiger partial charge in [-0.1, -0.05) is 37.3 Å². The number of hydrogen-bond donors (Lipinski definition) is 2. The quantitative estimate of drug-likeness (QED) is 0.488. The van der Waals surface area contributed by atoms with Gasteiger partial charge in [-0.05, 0) is 36.6 Å². The highest BCUT2D eigenvalue weighted by molar-refractivity contribution is 6.10. The molecule has 31 heavy (non-hydrogen) atoms. The fourth-order valence-electron chi connectivity index (χ4n) is 3.88. The van der Waals surface area contributed by atoms with E-state index in [1.807, 2.05) is 6.07 Å². The highest BCUT2D eigenvalue weighted by atomic mass is 16.4. The lowest BCUT2D eigenvalue weighted by molar-refractivity contribution is -0.134. The number of benzene rings is 2. The third kappa shape index (κ3) is 3.56. The van der Waals surface area contributed by atoms with Gasteiger partial charge in [0.15, 0.2) is 0 Å². The van der Waals surface area contributed by atoms with Crippen molar-refractivity contribution in [2.75, 3.05) is 11.9 Å². The lowest BCUT2D eigenvalue weighted by Crippen LogP contribution is -2.44. The molecule has 0 saturated carbocycles. The van der Waals surface area contributed by atoms with Crippen LogP contribution in [-0.4, -0.2) is 29.3 Å². The second-order valence-corrected chi connectivity index (χ2v) is 7.45. The van der Waals surface area contributed by atoms with Crippen molar-refractivity contribution >= 4 is 34.5 Å². The van der Waals surface area contributed by atoms with E-state index in [1.54, 1.807) is 50.2 Å². The van der Waals surface area contributed by atoms with Crippen LogP contribution >= 0.6 is 0 Å². The van der Waals surface area contributed by atoms with Crippen molar-refractivity contribution in [3.63, 3.8) is 0 Å². The van der Waals surface area contributed by atoms with Gasteiger partial charge in [0.25, 0.3) is 5.91 Å². The Hall–Kier alpha value is -3.94. The Morgan fingerprint density at radius 1 is 1.10 bits per heavy atom. The van der Waals surface area contributed by atoms with Crippen LogP contribution < -0.4 is 16.3 Å². The van der Waals surface area contributed by atoms with Gasteiger partial charge in [0.05, 0.1) is 0 Å². The SMILES string of the molecule is CC[C@]1(c2ccccc2)NC(=O)N(CC(=O)Nc2ccc3c(C)cc(=O)oc3c2)C1=O. The number of fused-ring (bicyclic) bond motifs is 1. The molecule has 0 aliphatic carbocycles. The van der Waals surface area contributed by atoms with Gasteiger partial charge in [0.1, 0.15) is 17.7 Å². The first kappa shape index (κ1) is 20.3. The summed E-state index contributed by atoms with van der Waals surface area (Å²) in [6.45, 7) is 3.16. The maximum atomic E-state index is 13.1. The van der Waals surface area contributed by atoms with E-state index in [0.29, 0.717) is 23.3 Å². The summed E-state index contributed by atoms with van der Waals surface area (Å²) >= 11 is 0. The Morgan fingerprint density at radius 3 is 2.55 bits per heavy atom. The van der Waals surface area contributed by atoms with Gasteiger partial charge in [-0.25, -0.2) is 9.59 Å². The van der Waals surface area contributed by atoms with E-state index in [1.165, 1.54) is 12.1 Å². The van der Waals surface area contributed by atoms with Crippen LogP contribution in [0, 0.1) is 6.92 Å². The molecule has 0 spiro atoms. The summed E-state index contributed by atoms with van der Waals surface area (Å²) < 4.78 is 5.19. The van der Waals surface area contributed by atoms with E-state index in [2.05, 4.69) is 10.6 Å². The van der Waals surface area contributed by atoms with E-state index in [0.717, 1.165) is 15.8 Å². The first-order valence-electron chi connectivity index (χ1n) is 9.88. The highest BCUT2D eigenvalue weighted by Gasteiger charge is 2.51. The average Bonchev–Trinajstić information content (AvgIpc) is 2.99. The lowest BCUT2D eigenvalue weighted by atomic mass is 9.87. The molecule has 1 atom stereocenters. The minimum atomic E-state index is -1.19. The van der Waals surface area contributed by atoms with Gasteiger partial charge in [0.2, 0.25) is 5.91 Å². The van der Waals surface area contributed by atoms with E-state index in [4.69, 9.17) is 4.42 Å². The summed E-state index contributed by atoms with van der Waals surface area (Å²) in [5, 5.41) is 6.15. The zero-order valence-electron chi connectivity index (χ0n) is 17.1. The largest absolute Gasteiger partial charge is 0.423 e. The van der Waals surface area contributed by atoms with Gasteiger partial charge >= 0.3 is 11.7 Å². The molecule has 1 saturated heterocycles. The molecule has 4 rings (SSSR count). The average molecular weight is 419 g/mol. The molecule has 1 fully saturated rings. The molecule has 8 heteroatoms. The summed E-state index contributed by atoms with van der Waals surface area (Å²) in [5.74, 6) is -1.01. The summed E-state index contributed by atoms with van der Waals surface area (Å²) in [4.78, 5) is 50.8. The molecule has 2 heterocycles. The zero-order valence-corrected chi connectivity index (χ0v) is 17.1. The Morgan fingerprint density at radius 2 is 1.84 bits per heavy atom. The van der Waals surface area contributed by atoms with Crippen LogP contribution in [-0.2, 0) is 15.1 Å². The summed E-state index contributed by atoms with van der Waals surface area (Å²) in [7, 11) is 0. The predicted molar refractivity (Wildman–Crippen MR) is 115 cm³/mol. The van der Waals surface area contributed by atoms with Crippen LogP contribution in [0.25, 0.3) is 11.0 Å². The first-order chi connectivity index (χ1) is 14.8. The number of imide groups is 1. The van der Waals surface area contributed by atoms with Gasteiger partial charge < -0.3 is 15.1 Å². The number of amides is 4. The fraction of sp³-hybridized carbons (Fsp3) is 0.217. The third-order valence-corrected chi connectivity index (χ3v) is 5.51. The van der Waals surface area contributed by atoms with Crippen molar-refractivity contribution < 1.29 is 18.8 Å². The van der Waals surface area contributed by atoms with Crippen LogP contribution in [0.3, 0.4) is 0 Å². The number of carbonyl (C=O) groups is 3. The van der Waals surface area contributed by atoms with Crippen LogP contribution in [0.4, 0.5) is 10.5 Å². The van der Waals surface area contributed by atoms with Gasteiger partial charge in [-0.2, -0.15) is 0 Å². The number of aryl methyl sites for hydroxylation is 1. The predicted octanol–water partition coefficient (Wildman–Crippen LogP) is 2.90. The molecule has 4 amide bonds. The van der Waals surface area contributed by atoms with Gasteiger partial charge in [-0.3, -0.25) is 14.5 Å². The number of anilines is 1. The van der Waals surface area contributed by atoms with E-state index in [9.17, 15) is 19.2 Å². The van der Waals surface area contributed by atoms with E-state index >= 15 is 0 Å². The number of hydrogen-bond acceptors (Lipinski definition) is 5. The second kappa shape index (κ2) is 7.71. The van der Waals surface area contributed by atoms with Crippen LogP contribution in [0.1, 0.15) is 24.5 Å². The van der Waals surface area contributed by atoms with Crippen LogP contribution in [0.15, 0.2) is 63.8 Å². The van der Waals surface area contributed by atoms with Crippen LogP contribution in [0.5, 0.6) is 0 Å². The van der Waals surface area contributed by atoms with Crippen molar-refractivity contribution in [3.05, 3.63) is 76.1 Å². The molecule has 3 aromatic rings. The highest BCUT2D eigenvalue weighted by Crippen LogP contribution is 2.32. The van der Waals surface area contributed by atoms with Crippen molar-refractivity contribution in [3.8, 4) is 0 Å². The number of nitrogens with zero attached hydrogens (tertiary/aromatic N) is 1. The molecule has 0 radical (unpaired) electrons. The molecule has 1 aliphatic heterocycles. The minimum absolute atomic E-state index is 0.340. The van der Waals surface area contributed by atoms with E-state index in [-0.39, 0.29) is 0 Å². The Kier molecular flexibility index (Phi) is 5.06. The molecule has 158 valence electrons. The first-order valence-corrected chi connectivity index (χ1v) is 9.88. The summed E-state index contributed by atoms with van der Waals surface area (Å²) in [6.07, 6.45) is 0.350. The Labute approximate surface area is 177 Å². The molecular weight excluding hydrogens is 398 g/mol. The maximum absolute atomic E-state index is 13.1. The monoisotopic (exact) mass is 419 g/mol. The molecule has 2 aromatic carbocycles. The Bertz CT molecular complexity index is 1250. The van der Waals surface area contributed by atoms with Gasteiger partial charge in [-0.15, -0.1) is 0 Å². The topological polar surface area (TPSA) is 109 Å². The summed E-state index contributed by atoms with van der Waals surface area (Å²) in [5.41, 5.74) is 0.487. The molecule has 0 bridgehead atoms. The molecular formula is C23H21N3O5. The second-order valence-electron chi connectivity index (χ2n) is 7.45. The maximum Gasteiger partial charge on any atom is 0.336 e. The van der Waals surface area contributed by atoms with Gasteiger partial charge in [0, 0.05) is 23.2 Å². The van der Waals surface area contributed by atoms with Crippen molar-refractivity contribution in [2.24, 2.45) is 0 Å². The van der Waals surface area contributed by atoms with Crippen molar-refractivity contribution in [2.45, 2.75) is 25.8 Å². The molecule has 2 N–H and O–H groups in total. The fourth-order valence-corrected chi connectivity index (χ4v) is 3.88. The number of urea groups is 1. The molecule has 1 aromatic heterocycles. The standard InChI is InChI=1S/C23H21N3O5/c1-3-23(15-7-5-4-6-8-15)21(29)26(22(30)25-23)13-19(27)24-16-9-10-17-14(2)11-20(28)31-18(17)12-16/h4-12H,3,13H2,1-2H3,(H,24,27)(H,25,30)/t23-/m1/s1. The third-order valence-electron chi connectivity index (χ3n) is 5.51. The van der Waals surface area contributed by atoms with Crippen molar-refractivity contribution in [1.82, 2.24) is 10.2 Å². The lowest BCUT2D eigenvalue weighted by Gasteiger charge is -2.25. The number of nitrogens with one attached hydrogen (secondary N) is 2. The number of carbonyl (C=O) groups excluding carboxylic acids is 3. The molecule has 1 aliphatic rings.